The van der Waals surface area contributed by atoms with Gasteiger partial charge < -0.3 is 5.32 Å². The Morgan fingerprint density at radius 2 is 1.81 bits per heavy atom. The monoisotopic (exact) mass is 304 g/mol. The van der Waals surface area contributed by atoms with E-state index in [1.807, 2.05) is 0 Å². The molecule has 1 aliphatic rings. The lowest BCUT2D eigenvalue weighted by molar-refractivity contribution is -0.137. The van der Waals surface area contributed by atoms with Gasteiger partial charge in [0.1, 0.15) is 17.9 Å². The van der Waals surface area contributed by atoms with Crippen LogP contribution in [0.5, 0.6) is 0 Å². The zero-order chi connectivity index (χ0) is 15.9. The first-order chi connectivity index (χ1) is 9.62. The Bertz CT molecular complexity index is 600. The zero-order valence-corrected chi connectivity index (χ0v) is 11.2. The molecule has 1 N–H and O–H groups in total. The van der Waals surface area contributed by atoms with Crippen LogP contribution in [0.1, 0.15) is 19.4 Å². The van der Waals surface area contributed by atoms with Crippen molar-refractivity contribution in [2.24, 2.45) is 0 Å². The van der Waals surface area contributed by atoms with Crippen LogP contribution in [-0.4, -0.2) is 23.9 Å². The van der Waals surface area contributed by atoms with Gasteiger partial charge in [0, 0.05) is 0 Å². The lowest BCUT2D eigenvalue weighted by atomic mass is 10.1. The number of benzene rings is 1. The molecule has 0 aromatic heterocycles. The van der Waals surface area contributed by atoms with E-state index in [0.717, 1.165) is 4.90 Å². The van der Waals surface area contributed by atoms with Crippen LogP contribution in [0.15, 0.2) is 18.2 Å². The van der Waals surface area contributed by atoms with E-state index in [1.165, 1.54) is 13.8 Å². The number of rotatable bonds is 1. The highest BCUT2D eigenvalue weighted by Gasteiger charge is 2.39. The zero-order valence-electron chi connectivity index (χ0n) is 11.2. The molecule has 1 aromatic carbocycles. The van der Waals surface area contributed by atoms with E-state index in [-0.39, 0.29) is 0 Å². The van der Waals surface area contributed by atoms with E-state index in [1.54, 1.807) is 0 Å². The number of carbonyl (C=O) groups excluding carboxylic acids is 2. The summed E-state index contributed by atoms with van der Waals surface area (Å²) in [6.45, 7) is 2.70. The highest BCUT2D eigenvalue weighted by molar-refractivity contribution is 6.08. The normalized spacial score (nSPS) is 23.2. The number of hydrogen-bond donors (Lipinski definition) is 1. The highest BCUT2D eigenvalue weighted by Crippen LogP contribution is 2.34. The van der Waals surface area contributed by atoms with E-state index in [2.05, 4.69) is 5.32 Å². The molecule has 0 bridgehead atoms. The molecule has 2 amide bonds. The number of halogens is 4. The van der Waals surface area contributed by atoms with Crippen LogP contribution in [0.4, 0.5) is 23.2 Å². The molecule has 114 valence electrons. The molecular formula is C13H12F4N2O2. The molecule has 4 nitrogen and oxygen atoms in total. The molecule has 8 heteroatoms. The van der Waals surface area contributed by atoms with Gasteiger partial charge in [-0.15, -0.1) is 0 Å². The van der Waals surface area contributed by atoms with Crippen LogP contribution in [0.25, 0.3) is 0 Å². The summed E-state index contributed by atoms with van der Waals surface area (Å²) in [6, 6.07) is -0.263. The summed E-state index contributed by atoms with van der Waals surface area (Å²) >= 11 is 0. The molecule has 2 rings (SSSR count). The Morgan fingerprint density at radius 1 is 1.19 bits per heavy atom. The average Bonchev–Trinajstić information content (AvgIpc) is 2.37. The maximum Gasteiger partial charge on any atom is 0.416 e. The van der Waals surface area contributed by atoms with Gasteiger partial charge in [0.15, 0.2) is 0 Å². The van der Waals surface area contributed by atoms with Crippen molar-refractivity contribution in [1.82, 2.24) is 5.32 Å². The van der Waals surface area contributed by atoms with Crippen LogP contribution >= 0.6 is 0 Å². The van der Waals surface area contributed by atoms with E-state index in [4.69, 9.17) is 0 Å². The second kappa shape index (κ2) is 5.01. The predicted molar refractivity (Wildman–Crippen MR) is 66.0 cm³/mol. The van der Waals surface area contributed by atoms with Crippen LogP contribution in [0.2, 0.25) is 0 Å². The van der Waals surface area contributed by atoms with Crippen LogP contribution in [-0.2, 0) is 15.8 Å². The summed E-state index contributed by atoms with van der Waals surface area (Å²) < 4.78 is 52.0. The third kappa shape index (κ3) is 2.70. The van der Waals surface area contributed by atoms with E-state index < -0.39 is 47.1 Å². The van der Waals surface area contributed by atoms with Gasteiger partial charge in [-0.2, -0.15) is 13.2 Å². The number of nitrogens with one attached hydrogen (secondary N) is 1. The van der Waals surface area contributed by atoms with Gasteiger partial charge in [0.25, 0.3) is 0 Å². The Hall–Kier alpha value is -2.12. The summed E-state index contributed by atoms with van der Waals surface area (Å²) in [5.41, 5.74) is -1.64. The van der Waals surface area contributed by atoms with Crippen molar-refractivity contribution in [3.05, 3.63) is 29.6 Å². The minimum absolute atomic E-state index is 0.537. The molecule has 1 aromatic rings. The first-order valence-electron chi connectivity index (χ1n) is 6.13. The van der Waals surface area contributed by atoms with Crippen molar-refractivity contribution in [1.29, 1.82) is 0 Å². The summed E-state index contributed by atoms with van der Waals surface area (Å²) in [5, 5.41) is 2.37. The van der Waals surface area contributed by atoms with Crippen LogP contribution < -0.4 is 10.2 Å². The maximum absolute atomic E-state index is 13.9. The third-order valence-electron chi connectivity index (χ3n) is 3.27. The Labute approximate surface area is 117 Å². The van der Waals surface area contributed by atoms with Crippen molar-refractivity contribution < 1.29 is 27.2 Å². The molecule has 1 heterocycles. The Balaban J connectivity index is 2.53. The van der Waals surface area contributed by atoms with Crippen molar-refractivity contribution >= 4 is 17.5 Å². The van der Waals surface area contributed by atoms with Crippen molar-refractivity contribution in [3.63, 3.8) is 0 Å². The standard InChI is InChI=1S/C13H12F4N2O2/c1-6-12(21)19(7(2)11(20)18-6)10-5-8(13(15,16)17)3-4-9(10)14/h3-7H,1-2H3,(H,18,20). The molecule has 0 aliphatic carbocycles. The number of carbonyl (C=O) groups is 2. The Kier molecular flexibility index (Phi) is 3.65. The van der Waals surface area contributed by atoms with E-state index in [9.17, 15) is 27.2 Å². The number of alkyl halides is 3. The number of nitrogens with zero attached hydrogens (tertiary/aromatic N) is 1. The summed E-state index contributed by atoms with van der Waals surface area (Å²) in [5.74, 6) is -2.22. The molecule has 1 aliphatic heterocycles. The van der Waals surface area contributed by atoms with Gasteiger partial charge >= 0.3 is 6.18 Å². The summed E-state index contributed by atoms with van der Waals surface area (Å²) in [7, 11) is 0. The predicted octanol–water partition coefficient (Wildman–Crippen LogP) is 2.08. The molecule has 0 radical (unpaired) electrons. The first-order valence-corrected chi connectivity index (χ1v) is 6.13. The molecule has 2 atom stereocenters. The first kappa shape index (κ1) is 15.3. The number of amides is 2. The topological polar surface area (TPSA) is 49.4 Å². The van der Waals surface area contributed by atoms with Gasteiger partial charge in [0.05, 0.1) is 11.3 Å². The Morgan fingerprint density at radius 3 is 2.38 bits per heavy atom. The second-order valence-electron chi connectivity index (χ2n) is 4.78. The van der Waals surface area contributed by atoms with Crippen molar-refractivity contribution in [2.45, 2.75) is 32.1 Å². The van der Waals surface area contributed by atoms with Gasteiger partial charge in [-0.1, -0.05) is 0 Å². The third-order valence-corrected chi connectivity index (χ3v) is 3.27. The van der Waals surface area contributed by atoms with Gasteiger partial charge in [-0.25, -0.2) is 4.39 Å². The molecule has 2 unspecified atom stereocenters. The minimum Gasteiger partial charge on any atom is -0.343 e. The van der Waals surface area contributed by atoms with Crippen LogP contribution in [0.3, 0.4) is 0 Å². The fourth-order valence-corrected chi connectivity index (χ4v) is 2.11. The molecule has 1 fully saturated rings. The van der Waals surface area contributed by atoms with E-state index in [0.29, 0.717) is 18.2 Å². The average molecular weight is 304 g/mol. The van der Waals surface area contributed by atoms with Gasteiger partial charge in [-0.05, 0) is 32.0 Å². The highest BCUT2D eigenvalue weighted by atomic mass is 19.4. The minimum atomic E-state index is -4.67. The fraction of sp³-hybridized carbons (Fsp3) is 0.385. The quantitative estimate of drug-likeness (QED) is 0.808. The number of hydrogen-bond acceptors (Lipinski definition) is 2. The second-order valence-corrected chi connectivity index (χ2v) is 4.78. The molecule has 21 heavy (non-hydrogen) atoms. The number of piperazine rings is 1. The fourth-order valence-electron chi connectivity index (χ4n) is 2.11. The smallest absolute Gasteiger partial charge is 0.343 e. The molecular weight excluding hydrogens is 292 g/mol. The molecule has 0 spiro atoms. The summed E-state index contributed by atoms with van der Waals surface area (Å²) in [6.07, 6.45) is -4.67. The van der Waals surface area contributed by atoms with Crippen molar-refractivity contribution in [3.8, 4) is 0 Å². The lowest BCUT2D eigenvalue weighted by Crippen LogP contribution is -2.62. The molecule has 1 saturated heterocycles. The lowest BCUT2D eigenvalue weighted by Gasteiger charge is -2.36. The SMILES string of the molecule is CC1NC(=O)C(C)N(c2cc(C(F)(F)F)ccc2F)C1=O. The maximum atomic E-state index is 13.9. The van der Waals surface area contributed by atoms with Crippen molar-refractivity contribution in [2.75, 3.05) is 4.90 Å². The van der Waals surface area contributed by atoms with Gasteiger partial charge in [-0.3, -0.25) is 14.5 Å². The largest absolute Gasteiger partial charge is 0.416 e. The van der Waals surface area contributed by atoms with Gasteiger partial charge in [0.2, 0.25) is 11.8 Å². The van der Waals surface area contributed by atoms with E-state index >= 15 is 0 Å². The summed E-state index contributed by atoms with van der Waals surface area (Å²) in [4.78, 5) is 24.5. The molecule has 0 saturated carbocycles. The number of anilines is 1. The van der Waals surface area contributed by atoms with Crippen LogP contribution in [0, 0.1) is 5.82 Å².